The Morgan fingerprint density at radius 1 is 1.12 bits per heavy atom. The molecule has 1 amide bonds. The summed E-state index contributed by atoms with van der Waals surface area (Å²) in [6.07, 6.45) is 1.44. The lowest BCUT2D eigenvalue weighted by atomic mass is 10.0. The number of carbonyl (C=O) groups excluding carboxylic acids is 2. The molecular formula is C26H29BrN2O5. The molecule has 2 aromatic carbocycles. The van der Waals surface area contributed by atoms with Crippen LogP contribution in [-0.2, 0) is 9.59 Å². The van der Waals surface area contributed by atoms with Crippen molar-refractivity contribution in [1.29, 1.82) is 5.26 Å². The molecule has 7 nitrogen and oxygen atoms in total. The number of amides is 1. The highest BCUT2D eigenvalue weighted by molar-refractivity contribution is 9.10. The molecule has 0 heterocycles. The van der Waals surface area contributed by atoms with Gasteiger partial charge in [-0.1, -0.05) is 35.8 Å². The van der Waals surface area contributed by atoms with E-state index in [2.05, 4.69) is 21.2 Å². The first kappa shape index (κ1) is 26.9. The van der Waals surface area contributed by atoms with Crippen molar-refractivity contribution in [1.82, 2.24) is 5.32 Å². The monoisotopic (exact) mass is 528 g/mol. The van der Waals surface area contributed by atoms with Gasteiger partial charge in [0.15, 0.2) is 18.1 Å². The van der Waals surface area contributed by atoms with Crippen molar-refractivity contribution in [3.8, 4) is 23.3 Å². The van der Waals surface area contributed by atoms with Crippen molar-refractivity contribution in [3.05, 3.63) is 57.1 Å². The average molecular weight is 529 g/mol. The molecule has 0 fully saturated rings. The van der Waals surface area contributed by atoms with Gasteiger partial charge in [0.2, 0.25) is 0 Å². The minimum Gasteiger partial charge on any atom is -0.493 e. The summed E-state index contributed by atoms with van der Waals surface area (Å²) in [5.74, 6) is 0.271. The Morgan fingerprint density at radius 3 is 2.41 bits per heavy atom. The number of nitriles is 1. The zero-order valence-corrected chi connectivity index (χ0v) is 21.8. The van der Waals surface area contributed by atoms with Crippen molar-refractivity contribution in [2.75, 3.05) is 13.7 Å². The molecule has 0 atom stereocenters. The number of halogens is 1. The van der Waals surface area contributed by atoms with E-state index in [0.717, 1.165) is 15.6 Å². The fourth-order valence-corrected chi connectivity index (χ4v) is 3.41. The quantitative estimate of drug-likeness (QED) is 0.205. The van der Waals surface area contributed by atoms with Crippen LogP contribution in [0.1, 0.15) is 50.3 Å². The molecule has 0 bridgehead atoms. The fourth-order valence-electron chi connectivity index (χ4n) is 3.05. The van der Waals surface area contributed by atoms with Gasteiger partial charge in [-0.25, -0.2) is 4.79 Å². The Kier molecular flexibility index (Phi) is 9.69. The maximum atomic E-state index is 12.5. The number of ether oxygens (including phenoxy) is 3. The molecule has 0 aliphatic carbocycles. The van der Waals surface area contributed by atoms with Crippen LogP contribution in [0.2, 0.25) is 0 Å². The Balaban J connectivity index is 2.15. The molecule has 0 aliphatic rings. The first-order valence-corrected chi connectivity index (χ1v) is 11.6. The maximum absolute atomic E-state index is 12.5. The van der Waals surface area contributed by atoms with Gasteiger partial charge >= 0.3 is 5.97 Å². The molecule has 0 spiro atoms. The zero-order chi connectivity index (χ0) is 25.4. The number of nitrogens with zero attached hydrogens (tertiary/aromatic N) is 1. The summed E-state index contributed by atoms with van der Waals surface area (Å²) in [5.41, 5.74) is 2.49. The molecule has 0 aromatic heterocycles. The first-order valence-electron chi connectivity index (χ1n) is 10.8. The SMILES string of the molecule is COc1cc(/C=C(\C#N)C(=O)NC(C)C)ccc1OC(=O)COc1cc(C)c(Br)cc1C(C)C. The van der Waals surface area contributed by atoms with Crippen LogP contribution in [-0.4, -0.2) is 31.6 Å². The largest absolute Gasteiger partial charge is 0.493 e. The smallest absolute Gasteiger partial charge is 0.349 e. The Hall–Kier alpha value is -3.31. The lowest BCUT2D eigenvalue weighted by molar-refractivity contribution is -0.136. The number of aryl methyl sites for hydroxylation is 1. The predicted molar refractivity (Wildman–Crippen MR) is 134 cm³/mol. The molecule has 2 aromatic rings. The van der Waals surface area contributed by atoms with Crippen molar-refractivity contribution in [2.45, 2.75) is 46.6 Å². The molecule has 2 rings (SSSR count). The molecule has 8 heteroatoms. The van der Waals surface area contributed by atoms with Crippen LogP contribution in [0, 0.1) is 18.3 Å². The van der Waals surface area contributed by atoms with E-state index >= 15 is 0 Å². The van der Waals surface area contributed by atoms with Crippen LogP contribution >= 0.6 is 15.9 Å². The number of esters is 1. The van der Waals surface area contributed by atoms with E-state index in [1.54, 1.807) is 18.2 Å². The summed E-state index contributed by atoms with van der Waals surface area (Å²) in [5, 5.41) is 12.0. The van der Waals surface area contributed by atoms with Crippen LogP contribution in [0.5, 0.6) is 17.2 Å². The number of methoxy groups -OCH3 is 1. The fraction of sp³-hybridized carbons (Fsp3) is 0.346. The van der Waals surface area contributed by atoms with Crippen LogP contribution in [0.4, 0.5) is 0 Å². The second-order valence-corrected chi connectivity index (χ2v) is 9.12. The first-order chi connectivity index (χ1) is 16.0. The highest BCUT2D eigenvalue weighted by Gasteiger charge is 2.16. The van der Waals surface area contributed by atoms with E-state index in [-0.39, 0.29) is 35.6 Å². The lowest BCUT2D eigenvalue weighted by Gasteiger charge is -2.16. The van der Waals surface area contributed by atoms with Crippen molar-refractivity contribution in [3.63, 3.8) is 0 Å². The summed E-state index contributed by atoms with van der Waals surface area (Å²) in [7, 11) is 1.44. The number of rotatable bonds is 9. The van der Waals surface area contributed by atoms with Crippen LogP contribution in [0.3, 0.4) is 0 Å². The van der Waals surface area contributed by atoms with Crippen molar-refractivity contribution < 1.29 is 23.8 Å². The molecule has 0 unspecified atom stereocenters. The number of hydrogen-bond donors (Lipinski definition) is 1. The summed E-state index contributed by atoms with van der Waals surface area (Å²) >= 11 is 3.53. The van der Waals surface area contributed by atoms with Gasteiger partial charge in [0.1, 0.15) is 17.4 Å². The number of benzene rings is 2. The standard InChI is InChI=1S/C26H29BrN2O5/c1-15(2)20-12-21(27)17(5)9-23(20)33-14-25(30)34-22-8-7-18(11-24(22)32-6)10-19(13-28)26(31)29-16(3)4/h7-12,15-16H,14H2,1-6H3,(H,29,31)/b19-10+. The molecule has 34 heavy (non-hydrogen) atoms. The maximum Gasteiger partial charge on any atom is 0.349 e. The molecule has 180 valence electrons. The van der Waals surface area contributed by atoms with E-state index in [1.165, 1.54) is 13.2 Å². The third-order valence-corrected chi connectivity index (χ3v) is 5.62. The minimum atomic E-state index is -0.592. The normalized spacial score (nSPS) is 11.2. The Labute approximate surface area is 208 Å². The van der Waals surface area contributed by atoms with Gasteiger partial charge in [-0.3, -0.25) is 4.79 Å². The Morgan fingerprint density at radius 2 is 1.82 bits per heavy atom. The molecular weight excluding hydrogens is 500 g/mol. The van der Waals surface area contributed by atoms with Gasteiger partial charge < -0.3 is 19.5 Å². The minimum absolute atomic E-state index is 0.0420. The van der Waals surface area contributed by atoms with E-state index in [9.17, 15) is 14.9 Å². The summed E-state index contributed by atoms with van der Waals surface area (Å²) < 4.78 is 17.5. The third-order valence-electron chi connectivity index (χ3n) is 4.77. The van der Waals surface area contributed by atoms with Gasteiger partial charge in [-0.2, -0.15) is 5.26 Å². The highest BCUT2D eigenvalue weighted by atomic mass is 79.9. The topological polar surface area (TPSA) is 97.6 Å². The van der Waals surface area contributed by atoms with Gasteiger partial charge in [-0.15, -0.1) is 0 Å². The van der Waals surface area contributed by atoms with Crippen molar-refractivity contribution in [2.24, 2.45) is 0 Å². The van der Waals surface area contributed by atoms with Crippen LogP contribution in [0.25, 0.3) is 6.08 Å². The molecule has 0 radical (unpaired) electrons. The van der Waals surface area contributed by atoms with Crippen LogP contribution in [0.15, 0.2) is 40.4 Å². The third kappa shape index (κ3) is 7.35. The van der Waals surface area contributed by atoms with E-state index in [4.69, 9.17) is 14.2 Å². The van der Waals surface area contributed by atoms with Gasteiger partial charge in [0, 0.05) is 10.5 Å². The van der Waals surface area contributed by atoms with E-state index in [1.807, 2.05) is 52.8 Å². The summed E-state index contributed by atoms with van der Waals surface area (Å²) in [4.78, 5) is 24.6. The number of nitrogens with one attached hydrogen (secondary N) is 1. The number of hydrogen-bond acceptors (Lipinski definition) is 6. The molecule has 0 aliphatic heterocycles. The Bertz CT molecular complexity index is 1130. The molecule has 0 saturated heterocycles. The van der Waals surface area contributed by atoms with E-state index < -0.39 is 11.9 Å². The molecule has 0 saturated carbocycles. The zero-order valence-electron chi connectivity index (χ0n) is 20.2. The average Bonchev–Trinajstić information content (AvgIpc) is 2.77. The molecule has 1 N–H and O–H groups in total. The van der Waals surface area contributed by atoms with E-state index in [0.29, 0.717) is 11.3 Å². The van der Waals surface area contributed by atoms with Gasteiger partial charge in [-0.05, 0) is 73.7 Å². The second-order valence-electron chi connectivity index (χ2n) is 8.26. The lowest BCUT2D eigenvalue weighted by Crippen LogP contribution is -2.30. The second kappa shape index (κ2) is 12.2. The van der Waals surface area contributed by atoms with Gasteiger partial charge in [0.05, 0.1) is 7.11 Å². The van der Waals surface area contributed by atoms with Crippen LogP contribution < -0.4 is 19.5 Å². The predicted octanol–water partition coefficient (Wildman–Crippen LogP) is 5.31. The highest BCUT2D eigenvalue weighted by Crippen LogP contribution is 2.33. The van der Waals surface area contributed by atoms with Gasteiger partial charge in [0.25, 0.3) is 5.91 Å². The van der Waals surface area contributed by atoms with Crippen molar-refractivity contribution >= 4 is 33.9 Å². The summed E-state index contributed by atoms with van der Waals surface area (Å²) in [6.45, 7) is 9.39. The summed E-state index contributed by atoms with van der Waals surface area (Å²) in [6, 6.07) is 10.4. The number of carbonyl (C=O) groups is 2.